The predicted octanol–water partition coefficient (Wildman–Crippen LogP) is 1.83. The van der Waals surface area contributed by atoms with Crippen LogP contribution >= 0.6 is 0 Å². The number of piperazine rings is 1. The molecule has 1 aromatic heterocycles. The van der Waals surface area contributed by atoms with E-state index >= 15 is 0 Å². The number of amides is 2. The maximum atomic E-state index is 12.9. The Morgan fingerprint density at radius 2 is 1.71 bits per heavy atom. The third-order valence-electron chi connectivity index (χ3n) is 5.91. The fourth-order valence-corrected chi connectivity index (χ4v) is 4.54. The molecule has 0 aliphatic carbocycles. The second kappa shape index (κ2) is 7.91. The van der Waals surface area contributed by atoms with Gasteiger partial charge in [-0.25, -0.2) is 0 Å². The molecule has 2 unspecified atom stereocenters. The van der Waals surface area contributed by atoms with Crippen molar-refractivity contribution >= 4 is 22.7 Å². The van der Waals surface area contributed by atoms with Gasteiger partial charge in [-0.15, -0.1) is 0 Å². The summed E-state index contributed by atoms with van der Waals surface area (Å²) >= 11 is 0. The fourth-order valence-electron chi connectivity index (χ4n) is 4.54. The van der Waals surface area contributed by atoms with E-state index in [9.17, 15) is 9.59 Å². The van der Waals surface area contributed by atoms with Crippen molar-refractivity contribution < 1.29 is 9.59 Å². The number of likely N-dealkylation sites (tertiary alicyclic amines) is 1. The van der Waals surface area contributed by atoms with Crippen LogP contribution in [0.1, 0.15) is 30.8 Å². The Bertz CT molecular complexity index is 845. The van der Waals surface area contributed by atoms with E-state index < -0.39 is 0 Å². The number of benzene rings is 1. The number of carbonyl (C=O) groups excluding carboxylic acids is 2. The zero-order valence-electron chi connectivity index (χ0n) is 16.7. The normalized spacial score (nSPS) is 23.9. The largest absolute Gasteiger partial charge is 0.341 e. The van der Waals surface area contributed by atoms with Crippen molar-refractivity contribution in [3.63, 3.8) is 0 Å². The molecule has 2 atom stereocenters. The zero-order chi connectivity index (χ0) is 19.7. The van der Waals surface area contributed by atoms with Gasteiger partial charge in [-0.05, 0) is 24.3 Å². The van der Waals surface area contributed by atoms with Crippen LogP contribution in [0.3, 0.4) is 0 Å². The molecule has 1 N–H and O–H groups in total. The van der Waals surface area contributed by atoms with E-state index in [0.717, 1.165) is 37.1 Å². The summed E-state index contributed by atoms with van der Waals surface area (Å²) in [7, 11) is 0. The van der Waals surface area contributed by atoms with Crippen molar-refractivity contribution in [2.45, 2.75) is 20.3 Å². The van der Waals surface area contributed by atoms with E-state index in [4.69, 9.17) is 0 Å². The van der Waals surface area contributed by atoms with Gasteiger partial charge in [0.2, 0.25) is 5.91 Å². The summed E-state index contributed by atoms with van der Waals surface area (Å²) in [4.78, 5) is 31.6. The molecule has 2 aliphatic heterocycles. The van der Waals surface area contributed by atoms with E-state index in [1.807, 2.05) is 34.1 Å². The second-order valence-corrected chi connectivity index (χ2v) is 8.43. The third kappa shape index (κ3) is 3.90. The summed E-state index contributed by atoms with van der Waals surface area (Å²) in [6.07, 6.45) is 1.20. The van der Waals surface area contributed by atoms with Crippen LogP contribution in [0.5, 0.6) is 0 Å². The Balaban J connectivity index is 1.32. The predicted molar refractivity (Wildman–Crippen MR) is 108 cm³/mol. The van der Waals surface area contributed by atoms with E-state index in [2.05, 4.69) is 28.9 Å². The summed E-state index contributed by atoms with van der Waals surface area (Å²) in [5.74, 6) is 1.33. The molecule has 3 heterocycles. The molecule has 2 amide bonds. The number of piperidine rings is 1. The van der Waals surface area contributed by atoms with Gasteiger partial charge in [-0.2, -0.15) is 5.10 Å². The molecule has 7 heteroatoms. The topological polar surface area (TPSA) is 72.5 Å². The Labute approximate surface area is 165 Å². The number of fused-ring (bicyclic) bond motifs is 1. The lowest BCUT2D eigenvalue weighted by atomic mass is 9.92. The first-order valence-corrected chi connectivity index (χ1v) is 10.2. The lowest BCUT2D eigenvalue weighted by Crippen LogP contribution is -2.53. The molecule has 1 aromatic carbocycles. The van der Waals surface area contributed by atoms with Crippen LogP contribution in [0, 0.1) is 11.8 Å². The van der Waals surface area contributed by atoms with Gasteiger partial charge in [0.15, 0.2) is 5.69 Å². The van der Waals surface area contributed by atoms with E-state index in [1.54, 1.807) is 0 Å². The highest BCUT2D eigenvalue weighted by molar-refractivity contribution is 6.04. The molecule has 0 spiro atoms. The quantitative estimate of drug-likeness (QED) is 0.878. The number of H-pyrrole nitrogens is 1. The first kappa shape index (κ1) is 18.9. The average molecular weight is 383 g/mol. The van der Waals surface area contributed by atoms with Crippen LogP contribution in [-0.2, 0) is 4.79 Å². The summed E-state index contributed by atoms with van der Waals surface area (Å²) in [5.41, 5.74) is 1.36. The number of hydrogen-bond donors (Lipinski definition) is 1. The van der Waals surface area contributed by atoms with E-state index in [-0.39, 0.29) is 11.8 Å². The number of carbonyl (C=O) groups is 2. The molecule has 2 fully saturated rings. The molecule has 0 radical (unpaired) electrons. The van der Waals surface area contributed by atoms with Crippen LogP contribution in [0.2, 0.25) is 0 Å². The maximum absolute atomic E-state index is 12.9. The molecule has 7 nitrogen and oxygen atoms in total. The molecule has 2 saturated heterocycles. The first-order chi connectivity index (χ1) is 13.5. The molecular weight excluding hydrogens is 354 g/mol. The van der Waals surface area contributed by atoms with Crippen molar-refractivity contribution in [3.8, 4) is 0 Å². The van der Waals surface area contributed by atoms with Gasteiger partial charge in [0, 0.05) is 44.7 Å². The van der Waals surface area contributed by atoms with Gasteiger partial charge in [0.1, 0.15) is 0 Å². The van der Waals surface area contributed by atoms with E-state index in [1.165, 1.54) is 6.42 Å². The Hall–Kier alpha value is -2.41. The Morgan fingerprint density at radius 3 is 2.43 bits per heavy atom. The summed E-state index contributed by atoms with van der Waals surface area (Å²) in [6, 6.07) is 7.68. The lowest BCUT2D eigenvalue weighted by molar-refractivity contribution is -0.135. The highest BCUT2D eigenvalue weighted by atomic mass is 16.2. The number of aromatic nitrogens is 2. The smallest absolute Gasteiger partial charge is 0.275 e. The van der Waals surface area contributed by atoms with Crippen LogP contribution in [0.25, 0.3) is 10.9 Å². The summed E-state index contributed by atoms with van der Waals surface area (Å²) < 4.78 is 0. The maximum Gasteiger partial charge on any atom is 0.275 e. The molecule has 4 rings (SSSR count). The third-order valence-corrected chi connectivity index (χ3v) is 5.91. The minimum absolute atomic E-state index is 0.0397. The van der Waals surface area contributed by atoms with Crippen molar-refractivity contribution in [2.24, 2.45) is 11.8 Å². The van der Waals surface area contributed by atoms with Gasteiger partial charge in [0.05, 0.1) is 12.1 Å². The van der Waals surface area contributed by atoms with Gasteiger partial charge >= 0.3 is 0 Å². The number of para-hydroxylation sites is 1. The average Bonchev–Trinajstić information content (AvgIpc) is 3.11. The van der Waals surface area contributed by atoms with Gasteiger partial charge in [-0.1, -0.05) is 32.0 Å². The van der Waals surface area contributed by atoms with Crippen LogP contribution < -0.4 is 0 Å². The first-order valence-electron chi connectivity index (χ1n) is 10.2. The number of nitrogens with zero attached hydrogens (tertiary/aromatic N) is 4. The Morgan fingerprint density at radius 1 is 1.04 bits per heavy atom. The number of aromatic amines is 1. The SMILES string of the molecule is CC1CC(C)CN(C(=O)CN2CCN(C(=O)c3n[nH]c4ccccc34)CC2)C1. The van der Waals surface area contributed by atoms with Crippen molar-refractivity contribution in [2.75, 3.05) is 45.8 Å². The van der Waals surface area contributed by atoms with Crippen LogP contribution in [-0.4, -0.2) is 82.5 Å². The van der Waals surface area contributed by atoms with Crippen LogP contribution in [0.4, 0.5) is 0 Å². The molecule has 2 aliphatic rings. The van der Waals surface area contributed by atoms with Gasteiger partial charge in [0.25, 0.3) is 5.91 Å². The van der Waals surface area contributed by atoms with Crippen molar-refractivity contribution in [3.05, 3.63) is 30.0 Å². The summed E-state index contributed by atoms with van der Waals surface area (Å²) in [5, 5.41) is 8.01. The highest BCUT2D eigenvalue weighted by Gasteiger charge is 2.29. The molecular formula is C21H29N5O2. The molecule has 0 saturated carbocycles. The minimum Gasteiger partial charge on any atom is -0.341 e. The van der Waals surface area contributed by atoms with Crippen LogP contribution in [0.15, 0.2) is 24.3 Å². The number of hydrogen-bond acceptors (Lipinski definition) is 4. The van der Waals surface area contributed by atoms with Crippen molar-refractivity contribution in [1.82, 2.24) is 24.9 Å². The monoisotopic (exact) mass is 383 g/mol. The zero-order valence-corrected chi connectivity index (χ0v) is 16.7. The second-order valence-electron chi connectivity index (χ2n) is 8.43. The number of rotatable bonds is 3. The standard InChI is InChI=1S/C21H29N5O2/c1-15-11-16(2)13-26(12-15)19(27)14-24-7-9-25(10-8-24)21(28)20-17-5-3-4-6-18(17)22-23-20/h3-6,15-16H,7-14H2,1-2H3,(H,22,23). The highest BCUT2D eigenvalue weighted by Crippen LogP contribution is 2.21. The minimum atomic E-state index is -0.0397. The fraction of sp³-hybridized carbons (Fsp3) is 0.571. The number of nitrogens with one attached hydrogen (secondary N) is 1. The Kier molecular flexibility index (Phi) is 5.35. The molecule has 150 valence electrons. The van der Waals surface area contributed by atoms with Crippen molar-refractivity contribution in [1.29, 1.82) is 0 Å². The van der Waals surface area contributed by atoms with Gasteiger partial charge in [-0.3, -0.25) is 19.6 Å². The van der Waals surface area contributed by atoms with E-state index in [0.29, 0.717) is 37.2 Å². The molecule has 28 heavy (non-hydrogen) atoms. The van der Waals surface area contributed by atoms with Gasteiger partial charge < -0.3 is 9.80 Å². The molecule has 2 aromatic rings. The lowest BCUT2D eigenvalue weighted by Gasteiger charge is -2.38. The molecule has 0 bridgehead atoms. The summed E-state index contributed by atoms with van der Waals surface area (Å²) in [6.45, 7) is 9.32.